The van der Waals surface area contributed by atoms with Crippen molar-refractivity contribution in [3.05, 3.63) is 88.2 Å². The Morgan fingerprint density at radius 2 is 1.53 bits per heavy atom. The van der Waals surface area contributed by atoms with E-state index in [1.807, 2.05) is 0 Å². The third kappa shape index (κ3) is 5.51. The Morgan fingerprint density at radius 1 is 0.844 bits per heavy atom. The number of aliphatic hydroxyl groups is 1. The number of allylic oxidation sites excluding steroid dienone is 10. The van der Waals surface area contributed by atoms with Crippen molar-refractivity contribution in [1.82, 2.24) is 9.80 Å². The van der Waals surface area contributed by atoms with Gasteiger partial charge in [0.25, 0.3) is 0 Å². The average Bonchev–Trinajstić information content (AvgIpc) is 2.84. The van der Waals surface area contributed by atoms with Gasteiger partial charge in [-0.25, -0.2) is 0 Å². The van der Waals surface area contributed by atoms with Crippen LogP contribution in [0.25, 0.3) is 5.57 Å². The van der Waals surface area contributed by atoms with Gasteiger partial charge >= 0.3 is 0 Å². The van der Waals surface area contributed by atoms with Gasteiger partial charge in [0, 0.05) is 38.5 Å². The van der Waals surface area contributed by atoms with Gasteiger partial charge < -0.3 is 14.9 Å². The standard InChI is InChI=1S/C29H38N2O/c1-23-10-12-25(13-11-23)29(28(9-6-22-32)24-7-4-3-5-8-24)26-14-16-27(17-15-26)31-20-18-30(2)19-21-31/h3-5,7-8,10,12,14,16,32H,6,9,11,13,15,17-22H2,1-2H3/b29-28-. The van der Waals surface area contributed by atoms with Crippen molar-refractivity contribution in [3.8, 4) is 0 Å². The van der Waals surface area contributed by atoms with E-state index in [0.717, 1.165) is 64.7 Å². The van der Waals surface area contributed by atoms with Crippen LogP contribution in [0.4, 0.5) is 0 Å². The summed E-state index contributed by atoms with van der Waals surface area (Å²) in [5, 5.41) is 9.62. The van der Waals surface area contributed by atoms with Gasteiger partial charge in [0.15, 0.2) is 0 Å². The minimum atomic E-state index is 0.230. The third-order valence-corrected chi connectivity index (χ3v) is 7.05. The zero-order valence-corrected chi connectivity index (χ0v) is 19.8. The zero-order valence-electron chi connectivity index (χ0n) is 19.8. The largest absolute Gasteiger partial charge is 0.396 e. The molecule has 3 nitrogen and oxygen atoms in total. The molecule has 170 valence electrons. The van der Waals surface area contributed by atoms with Crippen molar-refractivity contribution in [3.63, 3.8) is 0 Å². The average molecular weight is 431 g/mol. The molecule has 1 aliphatic heterocycles. The van der Waals surface area contributed by atoms with Crippen LogP contribution >= 0.6 is 0 Å². The van der Waals surface area contributed by atoms with Gasteiger partial charge in [-0.05, 0) is 86.4 Å². The smallest absolute Gasteiger partial charge is 0.0434 e. The second kappa shape index (κ2) is 11.0. The molecule has 0 aromatic heterocycles. The predicted molar refractivity (Wildman–Crippen MR) is 135 cm³/mol. The SMILES string of the molecule is CC1=CC=C(/C(C2=CC=C(N3CCN(C)CC3)CC2)=C(\CCCO)c2ccccc2)CC1. The maximum atomic E-state index is 9.62. The number of piperazine rings is 1. The van der Waals surface area contributed by atoms with E-state index in [1.165, 1.54) is 39.1 Å². The zero-order chi connectivity index (χ0) is 22.3. The fourth-order valence-corrected chi connectivity index (χ4v) is 5.04. The Bertz CT molecular complexity index is 941. The molecule has 1 aromatic carbocycles. The van der Waals surface area contributed by atoms with Crippen LogP contribution < -0.4 is 0 Å². The first-order chi connectivity index (χ1) is 15.7. The molecule has 1 fully saturated rings. The minimum absolute atomic E-state index is 0.230. The van der Waals surface area contributed by atoms with Gasteiger partial charge in [0.1, 0.15) is 0 Å². The van der Waals surface area contributed by atoms with Crippen LogP contribution in [0, 0.1) is 0 Å². The number of likely N-dealkylation sites (N-methyl/N-ethyl adjacent to an activating group) is 1. The lowest BCUT2D eigenvalue weighted by molar-refractivity contribution is 0.182. The number of rotatable bonds is 7. The highest BCUT2D eigenvalue weighted by Crippen LogP contribution is 2.40. The van der Waals surface area contributed by atoms with E-state index < -0.39 is 0 Å². The fourth-order valence-electron chi connectivity index (χ4n) is 5.04. The Hall–Kier alpha value is -2.36. The van der Waals surface area contributed by atoms with E-state index in [4.69, 9.17) is 0 Å². The molecular formula is C29H38N2O. The molecule has 0 radical (unpaired) electrons. The van der Waals surface area contributed by atoms with Crippen LogP contribution in [0.2, 0.25) is 0 Å². The summed E-state index contributed by atoms with van der Waals surface area (Å²) in [7, 11) is 2.22. The summed E-state index contributed by atoms with van der Waals surface area (Å²) in [4.78, 5) is 4.99. The van der Waals surface area contributed by atoms with E-state index in [0.29, 0.717) is 0 Å². The summed E-state index contributed by atoms with van der Waals surface area (Å²) in [5.74, 6) is 0. The lowest BCUT2D eigenvalue weighted by atomic mass is 9.80. The topological polar surface area (TPSA) is 26.7 Å². The van der Waals surface area contributed by atoms with E-state index in [1.54, 1.807) is 0 Å². The molecule has 0 bridgehead atoms. The van der Waals surface area contributed by atoms with Gasteiger partial charge in [0.05, 0.1) is 0 Å². The molecule has 0 unspecified atom stereocenters. The van der Waals surface area contributed by atoms with Gasteiger partial charge in [-0.2, -0.15) is 0 Å². The minimum Gasteiger partial charge on any atom is -0.396 e. The van der Waals surface area contributed by atoms with Crippen molar-refractivity contribution in [2.24, 2.45) is 0 Å². The summed E-state index contributed by atoms with van der Waals surface area (Å²) in [5.41, 5.74) is 9.97. The Labute approximate surface area is 194 Å². The molecule has 3 aliphatic rings. The monoisotopic (exact) mass is 430 g/mol. The Kier molecular flexibility index (Phi) is 7.83. The Balaban J connectivity index is 1.73. The van der Waals surface area contributed by atoms with Crippen LogP contribution in [0.15, 0.2) is 82.6 Å². The van der Waals surface area contributed by atoms with Gasteiger partial charge in [0.2, 0.25) is 0 Å². The first-order valence-electron chi connectivity index (χ1n) is 12.3. The second-order valence-electron chi connectivity index (χ2n) is 9.39. The van der Waals surface area contributed by atoms with Crippen LogP contribution in [0.3, 0.4) is 0 Å². The molecule has 4 rings (SSSR count). The molecule has 1 aromatic rings. The van der Waals surface area contributed by atoms with Crippen molar-refractivity contribution < 1.29 is 5.11 Å². The molecule has 1 heterocycles. The van der Waals surface area contributed by atoms with Crippen LogP contribution in [0.1, 0.15) is 51.0 Å². The maximum absolute atomic E-state index is 9.62. The van der Waals surface area contributed by atoms with Crippen molar-refractivity contribution in [2.45, 2.75) is 45.4 Å². The summed E-state index contributed by atoms with van der Waals surface area (Å²) >= 11 is 0. The lowest BCUT2D eigenvalue weighted by Crippen LogP contribution is -2.44. The highest BCUT2D eigenvalue weighted by Gasteiger charge is 2.23. The molecule has 0 atom stereocenters. The first-order valence-corrected chi connectivity index (χ1v) is 12.3. The molecule has 1 N–H and O–H groups in total. The van der Waals surface area contributed by atoms with E-state index in [9.17, 15) is 5.11 Å². The molecular weight excluding hydrogens is 392 g/mol. The van der Waals surface area contributed by atoms with Gasteiger partial charge in [-0.15, -0.1) is 0 Å². The molecule has 32 heavy (non-hydrogen) atoms. The molecule has 0 saturated carbocycles. The summed E-state index contributed by atoms with van der Waals surface area (Å²) in [6.45, 7) is 7.03. The molecule has 1 saturated heterocycles. The lowest BCUT2D eigenvalue weighted by Gasteiger charge is -2.37. The first kappa shape index (κ1) is 22.8. The number of hydrogen-bond donors (Lipinski definition) is 1. The van der Waals surface area contributed by atoms with Crippen LogP contribution in [-0.2, 0) is 0 Å². The number of nitrogens with zero attached hydrogens (tertiary/aromatic N) is 2. The van der Waals surface area contributed by atoms with Crippen molar-refractivity contribution >= 4 is 5.57 Å². The molecule has 0 amide bonds. The quantitative estimate of drug-likeness (QED) is 0.598. The van der Waals surface area contributed by atoms with E-state index in [2.05, 4.69) is 78.4 Å². The highest BCUT2D eigenvalue weighted by atomic mass is 16.2. The molecule has 0 spiro atoms. The predicted octanol–water partition coefficient (Wildman–Crippen LogP) is 5.73. The van der Waals surface area contributed by atoms with Gasteiger partial charge in [-0.1, -0.05) is 54.1 Å². The summed E-state index contributed by atoms with van der Waals surface area (Å²) < 4.78 is 0. The maximum Gasteiger partial charge on any atom is 0.0434 e. The number of benzene rings is 1. The Morgan fingerprint density at radius 3 is 2.12 bits per heavy atom. The number of hydrogen-bond acceptors (Lipinski definition) is 3. The molecule has 2 aliphatic carbocycles. The third-order valence-electron chi connectivity index (χ3n) is 7.05. The van der Waals surface area contributed by atoms with E-state index >= 15 is 0 Å². The number of aliphatic hydroxyl groups excluding tert-OH is 1. The van der Waals surface area contributed by atoms with Crippen molar-refractivity contribution in [2.75, 3.05) is 39.8 Å². The van der Waals surface area contributed by atoms with Crippen LogP contribution in [0.5, 0.6) is 0 Å². The normalized spacial score (nSPS) is 20.8. The van der Waals surface area contributed by atoms with Crippen molar-refractivity contribution in [1.29, 1.82) is 0 Å². The summed E-state index contributed by atoms with van der Waals surface area (Å²) in [6, 6.07) is 10.8. The molecule has 3 heteroatoms. The van der Waals surface area contributed by atoms with Gasteiger partial charge in [-0.3, -0.25) is 0 Å². The van der Waals surface area contributed by atoms with Crippen LogP contribution in [-0.4, -0.2) is 54.7 Å². The second-order valence-corrected chi connectivity index (χ2v) is 9.39. The summed E-state index contributed by atoms with van der Waals surface area (Å²) in [6.07, 6.45) is 15.5. The van der Waals surface area contributed by atoms with E-state index in [-0.39, 0.29) is 6.61 Å². The fraction of sp³-hybridized carbons (Fsp3) is 0.448. The highest BCUT2D eigenvalue weighted by molar-refractivity contribution is 5.78.